The average molecular weight is 481 g/mol. The van der Waals surface area contributed by atoms with Crippen molar-refractivity contribution in [2.24, 2.45) is 0 Å². The Morgan fingerprint density at radius 3 is 2.29 bits per heavy atom. The SMILES string of the molecule is Cc1cc(C(=O)COC(=O)Cn2nc(-c3ccc(F)cc3)oc2=O)c(C)n1Cc1ccc(F)cc1. The first-order valence-electron chi connectivity index (χ1n) is 10.6. The number of Topliss-reactive ketones (excluding diaryl/α,β-unsaturated/α-hetero) is 1. The van der Waals surface area contributed by atoms with Crippen LogP contribution in [0.5, 0.6) is 0 Å². The molecule has 0 fully saturated rings. The first-order chi connectivity index (χ1) is 16.7. The van der Waals surface area contributed by atoms with Crippen LogP contribution in [0.4, 0.5) is 8.78 Å². The quantitative estimate of drug-likeness (QED) is 0.281. The third-order valence-electron chi connectivity index (χ3n) is 5.47. The molecule has 0 spiro atoms. The monoisotopic (exact) mass is 481 g/mol. The first kappa shape index (κ1) is 23.8. The fourth-order valence-corrected chi connectivity index (χ4v) is 3.61. The Bertz CT molecular complexity index is 1430. The number of hydrogen-bond donors (Lipinski definition) is 0. The maximum Gasteiger partial charge on any atom is 0.437 e. The fourth-order valence-electron chi connectivity index (χ4n) is 3.61. The number of carbonyl (C=O) groups excluding carboxylic acids is 2. The van der Waals surface area contributed by atoms with Crippen molar-refractivity contribution >= 4 is 11.8 Å². The van der Waals surface area contributed by atoms with E-state index in [9.17, 15) is 23.2 Å². The molecule has 0 saturated heterocycles. The highest BCUT2D eigenvalue weighted by Crippen LogP contribution is 2.19. The van der Waals surface area contributed by atoms with Gasteiger partial charge in [-0.05, 0) is 61.9 Å². The summed E-state index contributed by atoms with van der Waals surface area (Å²) >= 11 is 0. The van der Waals surface area contributed by atoms with Gasteiger partial charge >= 0.3 is 11.7 Å². The number of nitrogens with zero attached hydrogens (tertiary/aromatic N) is 3. The number of benzene rings is 2. The molecule has 10 heteroatoms. The lowest BCUT2D eigenvalue weighted by molar-refractivity contribution is -0.143. The Hall–Kier alpha value is -4.34. The normalized spacial score (nSPS) is 11.0. The number of carbonyl (C=O) groups is 2. The summed E-state index contributed by atoms with van der Waals surface area (Å²) in [7, 11) is 0. The summed E-state index contributed by atoms with van der Waals surface area (Å²) in [5.74, 6) is -3.01. The summed E-state index contributed by atoms with van der Waals surface area (Å²) in [5, 5.41) is 3.91. The van der Waals surface area contributed by atoms with E-state index >= 15 is 0 Å². The van der Waals surface area contributed by atoms with Crippen LogP contribution in [0, 0.1) is 25.5 Å². The molecule has 0 saturated carbocycles. The van der Waals surface area contributed by atoms with E-state index in [0.717, 1.165) is 15.9 Å². The molecular weight excluding hydrogens is 460 g/mol. The molecule has 0 aliphatic rings. The van der Waals surface area contributed by atoms with Gasteiger partial charge in [-0.2, -0.15) is 4.68 Å². The van der Waals surface area contributed by atoms with Crippen molar-refractivity contribution in [3.63, 3.8) is 0 Å². The van der Waals surface area contributed by atoms with Gasteiger partial charge in [-0.3, -0.25) is 9.59 Å². The molecule has 0 atom stereocenters. The van der Waals surface area contributed by atoms with Crippen molar-refractivity contribution in [2.45, 2.75) is 26.9 Å². The molecule has 0 radical (unpaired) electrons. The fraction of sp³-hybridized carbons (Fsp3) is 0.200. The van der Waals surface area contributed by atoms with Gasteiger partial charge in [-0.25, -0.2) is 13.6 Å². The van der Waals surface area contributed by atoms with Gasteiger partial charge in [0.15, 0.2) is 6.61 Å². The first-order valence-corrected chi connectivity index (χ1v) is 10.6. The lowest BCUT2D eigenvalue weighted by Gasteiger charge is -2.10. The maximum atomic E-state index is 13.2. The molecule has 0 N–H and O–H groups in total. The zero-order valence-electron chi connectivity index (χ0n) is 19.0. The number of hydrogen-bond acceptors (Lipinski definition) is 6. The van der Waals surface area contributed by atoms with Crippen molar-refractivity contribution < 1.29 is 27.5 Å². The lowest BCUT2D eigenvalue weighted by Crippen LogP contribution is -2.24. The minimum atomic E-state index is -0.892. The molecule has 0 bridgehead atoms. The molecule has 2 heterocycles. The number of aromatic nitrogens is 3. The summed E-state index contributed by atoms with van der Waals surface area (Å²) in [6, 6.07) is 12.9. The topological polar surface area (TPSA) is 96.3 Å². The van der Waals surface area contributed by atoms with Crippen LogP contribution in [-0.2, 0) is 22.6 Å². The van der Waals surface area contributed by atoms with Crippen LogP contribution in [0.1, 0.15) is 27.3 Å². The van der Waals surface area contributed by atoms with E-state index in [1.807, 2.05) is 11.5 Å². The molecule has 2 aromatic carbocycles. The number of esters is 1. The van der Waals surface area contributed by atoms with Gasteiger partial charge in [0.1, 0.15) is 18.2 Å². The summed E-state index contributed by atoms with van der Waals surface area (Å²) < 4.78 is 39.0. The highest BCUT2D eigenvalue weighted by Gasteiger charge is 2.19. The predicted molar refractivity (Wildman–Crippen MR) is 121 cm³/mol. The Kier molecular flexibility index (Phi) is 6.72. The third-order valence-corrected chi connectivity index (χ3v) is 5.47. The summed E-state index contributed by atoms with van der Waals surface area (Å²) in [4.78, 5) is 36.9. The van der Waals surface area contributed by atoms with Crippen LogP contribution in [0.15, 0.2) is 63.8 Å². The molecule has 4 aromatic rings. The summed E-state index contributed by atoms with van der Waals surface area (Å²) in [5.41, 5.74) is 3.14. The van der Waals surface area contributed by atoms with E-state index in [4.69, 9.17) is 9.15 Å². The third kappa shape index (κ3) is 5.43. The van der Waals surface area contributed by atoms with E-state index in [2.05, 4.69) is 5.10 Å². The maximum absolute atomic E-state index is 13.2. The lowest BCUT2D eigenvalue weighted by atomic mass is 10.1. The minimum Gasteiger partial charge on any atom is -0.456 e. The summed E-state index contributed by atoms with van der Waals surface area (Å²) in [6.07, 6.45) is 0. The Labute approximate surface area is 198 Å². The molecular formula is C25H21F2N3O5. The highest BCUT2D eigenvalue weighted by atomic mass is 19.1. The van der Waals surface area contributed by atoms with E-state index in [1.54, 1.807) is 25.1 Å². The number of halogens is 2. The van der Waals surface area contributed by atoms with Gasteiger partial charge in [0.2, 0.25) is 11.7 Å². The van der Waals surface area contributed by atoms with Crippen molar-refractivity contribution in [3.05, 3.63) is 99.3 Å². The number of ketones is 1. The van der Waals surface area contributed by atoms with E-state index in [0.29, 0.717) is 23.4 Å². The van der Waals surface area contributed by atoms with Gasteiger partial charge < -0.3 is 13.7 Å². The van der Waals surface area contributed by atoms with Gasteiger partial charge in [-0.1, -0.05) is 12.1 Å². The highest BCUT2D eigenvalue weighted by molar-refractivity contribution is 5.99. The van der Waals surface area contributed by atoms with Crippen molar-refractivity contribution in [3.8, 4) is 11.5 Å². The molecule has 4 rings (SSSR count). The second-order valence-electron chi connectivity index (χ2n) is 7.92. The van der Waals surface area contributed by atoms with Crippen LogP contribution in [0.2, 0.25) is 0 Å². The van der Waals surface area contributed by atoms with Crippen LogP contribution >= 0.6 is 0 Å². The van der Waals surface area contributed by atoms with Gasteiger partial charge in [0.05, 0.1) is 0 Å². The largest absolute Gasteiger partial charge is 0.456 e. The summed E-state index contributed by atoms with van der Waals surface area (Å²) in [6.45, 7) is 3.00. The van der Waals surface area contributed by atoms with Crippen LogP contribution < -0.4 is 5.76 Å². The zero-order chi connectivity index (χ0) is 25.1. The second-order valence-corrected chi connectivity index (χ2v) is 7.92. The zero-order valence-corrected chi connectivity index (χ0v) is 19.0. The van der Waals surface area contributed by atoms with Gasteiger partial charge in [-0.15, -0.1) is 5.10 Å². The standard InChI is InChI=1S/C25H21F2N3O5/c1-15-11-21(16(2)29(15)12-17-3-7-19(26)8-4-17)22(31)14-34-23(32)13-30-25(33)35-24(28-30)18-5-9-20(27)10-6-18/h3-11H,12-14H2,1-2H3. The van der Waals surface area contributed by atoms with Crippen LogP contribution in [0.3, 0.4) is 0 Å². The van der Waals surface area contributed by atoms with Crippen molar-refractivity contribution in [2.75, 3.05) is 6.61 Å². The van der Waals surface area contributed by atoms with Crippen LogP contribution in [-0.4, -0.2) is 32.7 Å². The molecule has 0 amide bonds. The molecule has 0 aliphatic heterocycles. The Morgan fingerprint density at radius 1 is 1.00 bits per heavy atom. The molecule has 35 heavy (non-hydrogen) atoms. The number of rotatable bonds is 8. The Balaban J connectivity index is 1.38. The number of ether oxygens (including phenoxy) is 1. The van der Waals surface area contributed by atoms with E-state index < -0.39 is 36.5 Å². The average Bonchev–Trinajstić information content (AvgIpc) is 3.33. The van der Waals surface area contributed by atoms with Crippen molar-refractivity contribution in [1.29, 1.82) is 0 Å². The minimum absolute atomic E-state index is 0.0764. The second kappa shape index (κ2) is 9.88. The molecule has 8 nitrogen and oxygen atoms in total. The molecule has 180 valence electrons. The smallest absolute Gasteiger partial charge is 0.437 e. The number of aryl methyl sites for hydroxylation is 1. The van der Waals surface area contributed by atoms with E-state index in [1.165, 1.54) is 36.4 Å². The van der Waals surface area contributed by atoms with Gasteiger partial charge in [0.25, 0.3) is 0 Å². The van der Waals surface area contributed by atoms with Gasteiger partial charge in [0, 0.05) is 29.1 Å². The molecule has 0 aliphatic carbocycles. The van der Waals surface area contributed by atoms with E-state index in [-0.39, 0.29) is 11.7 Å². The molecule has 0 unspecified atom stereocenters. The van der Waals surface area contributed by atoms with Crippen LogP contribution in [0.25, 0.3) is 11.5 Å². The predicted octanol–water partition coefficient (Wildman–Crippen LogP) is 3.67. The molecule has 2 aromatic heterocycles. The van der Waals surface area contributed by atoms with Crippen molar-refractivity contribution in [1.82, 2.24) is 14.3 Å². The Morgan fingerprint density at radius 2 is 1.63 bits per heavy atom.